The molecule has 0 saturated carbocycles. The number of hydrogen-bond acceptors (Lipinski definition) is 1. The van der Waals surface area contributed by atoms with E-state index in [4.69, 9.17) is 23.2 Å². The van der Waals surface area contributed by atoms with Crippen molar-refractivity contribution in [3.8, 4) is 0 Å². The molecule has 0 aliphatic carbocycles. The number of aryl methyl sites for hydroxylation is 3. The lowest BCUT2D eigenvalue weighted by Crippen LogP contribution is -2.03. The van der Waals surface area contributed by atoms with Crippen molar-refractivity contribution in [2.75, 3.05) is 11.6 Å². The summed E-state index contributed by atoms with van der Waals surface area (Å²) in [6, 6.07) is 4.44. The first kappa shape index (κ1) is 14.2. The minimum atomic E-state index is 0.169. The van der Waals surface area contributed by atoms with Gasteiger partial charge in [0, 0.05) is 21.9 Å². The van der Waals surface area contributed by atoms with E-state index in [9.17, 15) is 0 Å². The van der Waals surface area contributed by atoms with E-state index in [1.54, 1.807) is 0 Å². The Kier molecular flexibility index (Phi) is 6.02. The molecular weight excluding hydrogens is 259 g/mol. The number of benzene rings is 1. The second-order valence-electron chi connectivity index (χ2n) is 4.11. The van der Waals surface area contributed by atoms with E-state index in [1.807, 2.05) is 11.8 Å². The smallest absolute Gasteiger partial charge is 0.0441 e. The molecule has 0 aliphatic rings. The normalized spacial score (nSPS) is 12.8. The van der Waals surface area contributed by atoms with Gasteiger partial charge in [0.05, 0.1) is 0 Å². The second-order valence-corrected chi connectivity index (χ2v) is 6.14. The maximum atomic E-state index is 6.16. The van der Waals surface area contributed by atoms with E-state index in [1.165, 1.54) is 21.6 Å². The number of thioether (sulfide) groups is 1. The van der Waals surface area contributed by atoms with Gasteiger partial charge in [-0.15, -0.1) is 35.0 Å². The van der Waals surface area contributed by atoms with Crippen molar-refractivity contribution in [2.45, 2.75) is 37.5 Å². The van der Waals surface area contributed by atoms with Crippen LogP contribution in [0, 0.1) is 20.8 Å². The molecule has 0 N–H and O–H groups in total. The summed E-state index contributed by atoms with van der Waals surface area (Å²) in [4.78, 5) is 1.37. The predicted octanol–water partition coefficient (Wildman–Crippen LogP) is 4.94. The van der Waals surface area contributed by atoms with E-state index in [0.717, 1.165) is 12.2 Å². The lowest BCUT2D eigenvalue weighted by molar-refractivity contribution is 0.911. The first-order chi connectivity index (χ1) is 7.54. The summed E-state index contributed by atoms with van der Waals surface area (Å²) in [5.41, 5.74) is 4.01. The molecule has 0 radical (unpaired) electrons. The molecule has 1 aromatic rings. The second kappa shape index (κ2) is 6.78. The Morgan fingerprint density at radius 1 is 1.19 bits per heavy atom. The summed E-state index contributed by atoms with van der Waals surface area (Å²) in [6.07, 6.45) is 0.875. The van der Waals surface area contributed by atoms with E-state index in [0.29, 0.717) is 5.88 Å². The molecule has 1 rings (SSSR count). The summed E-state index contributed by atoms with van der Waals surface area (Å²) in [5, 5.41) is 0.169. The van der Waals surface area contributed by atoms with Gasteiger partial charge in [-0.05, 0) is 38.3 Å². The van der Waals surface area contributed by atoms with Gasteiger partial charge < -0.3 is 0 Å². The van der Waals surface area contributed by atoms with Crippen LogP contribution in [-0.4, -0.2) is 17.0 Å². The quantitative estimate of drug-likeness (QED) is 0.542. The molecule has 0 saturated heterocycles. The van der Waals surface area contributed by atoms with E-state index < -0.39 is 0 Å². The van der Waals surface area contributed by atoms with Crippen LogP contribution < -0.4 is 0 Å². The average molecular weight is 277 g/mol. The highest BCUT2D eigenvalue weighted by Gasteiger charge is 2.08. The number of alkyl halides is 2. The molecule has 0 heterocycles. The molecule has 1 unspecified atom stereocenters. The molecular formula is C13H18Cl2S. The Morgan fingerprint density at radius 2 is 1.75 bits per heavy atom. The average Bonchev–Trinajstić information content (AvgIpc) is 2.16. The lowest BCUT2D eigenvalue weighted by Gasteiger charge is -2.12. The largest absolute Gasteiger partial charge is 0.127 e. The van der Waals surface area contributed by atoms with Gasteiger partial charge in [0.2, 0.25) is 0 Å². The van der Waals surface area contributed by atoms with Crippen LogP contribution in [0.25, 0.3) is 0 Å². The van der Waals surface area contributed by atoms with E-state index >= 15 is 0 Å². The van der Waals surface area contributed by atoms with Gasteiger partial charge in [0.15, 0.2) is 0 Å². The molecule has 90 valence electrons. The fourth-order valence-electron chi connectivity index (χ4n) is 1.77. The van der Waals surface area contributed by atoms with Crippen LogP contribution in [0.4, 0.5) is 0 Å². The standard InChI is InChI=1S/C13H18Cl2S/c1-9-6-10(2)13(11(3)7-9)16-8-12(15)4-5-14/h6-7,12H,4-5,8H2,1-3H3. The van der Waals surface area contributed by atoms with Crippen LogP contribution in [-0.2, 0) is 0 Å². The Morgan fingerprint density at radius 3 is 2.25 bits per heavy atom. The minimum absolute atomic E-state index is 0.169. The van der Waals surface area contributed by atoms with Gasteiger partial charge in [-0.1, -0.05) is 17.7 Å². The molecule has 0 aliphatic heterocycles. The molecule has 0 bridgehead atoms. The molecule has 16 heavy (non-hydrogen) atoms. The van der Waals surface area contributed by atoms with Gasteiger partial charge in [0.25, 0.3) is 0 Å². The monoisotopic (exact) mass is 276 g/mol. The van der Waals surface area contributed by atoms with Gasteiger partial charge >= 0.3 is 0 Å². The van der Waals surface area contributed by atoms with E-state index in [2.05, 4.69) is 32.9 Å². The van der Waals surface area contributed by atoms with Gasteiger partial charge in [0.1, 0.15) is 0 Å². The highest BCUT2D eigenvalue weighted by Crippen LogP contribution is 2.29. The van der Waals surface area contributed by atoms with Crippen molar-refractivity contribution in [3.63, 3.8) is 0 Å². The third-order valence-corrected chi connectivity index (χ3v) is 4.71. The van der Waals surface area contributed by atoms with Crippen molar-refractivity contribution < 1.29 is 0 Å². The molecule has 0 nitrogen and oxygen atoms in total. The fourth-order valence-corrected chi connectivity index (χ4v) is 3.53. The van der Waals surface area contributed by atoms with Crippen molar-refractivity contribution >= 4 is 35.0 Å². The summed E-state index contributed by atoms with van der Waals surface area (Å²) >= 11 is 13.7. The van der Waals surface area contributed by atoms with Crippen LogP contribution in [0.5, 0.6) is 0 Å². The van der Waals surface area contributed by atoms with Gasteiger partial charge in [-0.3, -0.25) is 0 Å². The Labute approximate surface area is 113 Å². The van der Waals surface area contributed by atoms with Gasteiger partial charge in [-0.2, -0.15) is 0 Å². The maximum absolute atomic E-state index is 6.16. The Bertz CT molecular complexity index is 327. The summed E-state index contributed by atoms with van der Waals surface area (Å²) < 4.78 is 0. The highest BCUT2D eigenvalue weighted by molar-refractivity contribution is 7.99. The first-order valence-corrected chi connectivity index (χ1v) is 7.41. The first-order valence-electron chi connectivity index (χ1n) is 5.45. The maximum Gasteiger partial charge on any atom is 0.0441 e. The molecule has 0 amide bonds. The molecule has 1 atom stereocenters. The summed E-state index contributed by atoms with van der Waals surface area (Å²) in [7, 11) is 0. The number of hydrogen-bond donors (Lipinski definition) is 0. The van der Waals surface area contributed by atoms with Crippen molar-refractivity contribution in [1.29, 1.82) is 0 Å². The van der Waals surface area contributed by atoms with Crippen molar-refractivity contribution in [1.82, 2.24) is 0 Å². The number of rotatable bonds is 5. The molecule has 0 aromatic heterocycles. The van der Waals surface area contributed by atoms with Crippen LogP contribution in [0.2, 0.25) is 0 Å². The molecule has 3 heteroatoms. The van der Waals surface area contributed by atoms with Crippen LogP contribution in [0.3, 0.4) is 0 Å². The molecule has 1 aromatic carbocycles. The van der Waals surface area contributed by atoms with Crippen molar-refractivity contribution in [3.05, 3.63) is 28.8 Å². The zero-order chi connectivity index (χ0) is 12.1. The van der Waals surface area contributed by atoms with Gasteiger partial charge in [-0.25, -0.2) is 0 Å². The zero-order valence-corrected chi connectivity index (χ0v) is 12.3. The van der Waals surface area contributed by atoms with E-state index in [-0.39, 0.29) is 5.38 Å². The van der Waals surface area contributed by atoms with Crippen molar-refractivity contribution in [2.24, 2.45) is 0 Å². The summed E-state index contributed by atoms with van der Waals surface area (Å²) in [6.45, 7) is 6.45. The Hall–Kier alpha value is 0.150. The SMILES string of the molecule is Cc1cc(C)c(SCC(Cl)CCCl)c(C)c1. The third-order valence-electron chi connectivity index (χ3n) is 2.44. The lowest BCUT2D eigenvalue weighted by atomic mass is 10.1. The zero-order valence-electron chi connectivity index (χ0n) is 10.0. The van der Waals surface area contributed by atoms with Crippen LogP contribution in [0.15, 0.2) is 17.0 Å². The Balaban J connectivity index is 2.67. The minimum Gasteiger partial charge on any atom is -0.127 e. The fraction of sp³-hybridized carbons (Fsp3) is 0.538. The summed E-state index contributed by atoms with van der Waals surface area (Å²) in [5.74, 6) is 1.57. The highest BCUT2D eigenvalue weighted by atomic mass is 35.5. The topological polar surface area (TPSA) is 0 Å². The molecule has 0 spiro atoms. The van der Waals surface area contributed by atoms with Crippen LogP contribution >= 0.6 is 35.0 Å². The van der Waals surface area contributed by atoms with Crippen LogP contribution in [0.1, 0.15) is 23.1 Å². The third kappa shape index (κ3) is 4.20. The number of halogens is 2. The predicted molar refractivity (Wildman–Crippen MR) is 76.4 cm³/mol. The molecule has 0 fully saturated rings.